The SMILES string of the molecule is CC(C)(C)OC(=O)NCC(C(=O)Nc1cccc(N)c1)c1ccc(Cl)c(Cl)c1. The normalized spacial score (nSPS) is 12.2. The molecule has 150 valence electrons. The standard InChI is InChI=1S/C20H23Cl2N3O3/c1-20(2,3)28-19(27)24-11-15(12-7-8-16(21)17(22)9-12)18(26)25-14-6-4-5-13(23)10-14/h4-10,15H,11,23H2,1-3H3,(H,24,27)(H,25,26). The molecule has 0 aliphatic rings. The fraction of sp³-hybridized carbons (Fsp3) is 0.300. The van der Waals surface area contributed by atoms with Crippen LogP contribution in [0.15, 0.2) is 42.5 Å². The maximum absolute atomic E-state index is 12.9. The fourth-order valence-corrected chi connectivity index (χ4v) is 2.74. The van der Waals surface area contributed by atoms with E-state index in [1.807, 2.05) is 0 Å². The lowest BCUT2D eigenvalue weighted by Crippen LogP contribution is -2.37. The van der Waals surface area contributed by atoms with Gasteiger partial charge >= 0.3 is 6.09 Å². The third-order valence-corrected chi connectivity index (χ3v) is 4.41. The van der Waals surface area contributed by atoms with Crippen molar-refractivity contribution in [1.82, 2.24) is 5.32 Å². The molecule has 0 spiro atoms. The molecule has 4 N–H and O–H groups in total. The highest BCUT2D eigenvalue weighted by atomic mass is 35.5. The molecule has 0 saturated carbocycles. The second-order valence-corrected chi connectivity index (χ2v) is 8.04. The van der Waals surface area contributed by atoms with Gasteiger partial charge in [-0.05, 0) is 56.7 Å². The molecule has 0 heterocycles. The zero-order valence-electron chi connectivity index (χ0n) is 15.9. The van der Waals surface area contributed by atoms with Crippen molar-refractivity contribution >= 4 is 46.6 Å². The first-order chi connectivity index (χ1) is 13.0. The Kier molecular flexibility index (Phi) is 7.16. The van der Waals surface area contributed by atoms with E-state index in [0.717, 1.165) is 0 Å². The number of hydrogen-bond acceptors (Lipinski definition) is 4. The number of rotatable bonds is 5. The van der Waals surface area contributed by atoms with E-state index in [0.29, 0.717) is 27.0 Å². The molecule has 1 unspecified atom stereocenters. The quantitative estimate of drug-likeness (QED) is 0.600. The molecule has 2 amide bonds. The number of carbonyl (C=O) groups is 2. The summed E-state index contributed by atoms with van der Waals surface area (Å²) in [5.74, 6) is -1.05. The summed E-state index contributed by atoms with van der Waals surface area (Å²) in [6.45, 7) is 5.29. The minimum absolute atomic E-state index is 0.0149. The number of amides is 2. The van der Waals surface area contributed by atoms with Crippen molar-refractivity contribution in [3.05, 3.63) is 58.1 Å². The fourth-order valence-electron chi connectivity index (χ4n) is 2.44. The highest BCUT2D eigenvalue weighted by Gasteiger charge is 2.24. The number of nitrogen functional groups attached to an aromatic ring is 1. The van der Waals surface area contributed by atoms with Crippen molar-refractivity contribution in [2.75, 3.05) is 17.6 Å². The summed E-state index contributed by atoms with van der Waals surface area (Å²) in [5, 5.41) is 6.12. The first-order valence-electron chi connectivity index (χ1n) is 8.63. The molecule has 0 radical (unpaired) electrons. The van der Waals surface area contributed by atoms with Crippen LogP contribution in [-0.4, -0.2) is 24.1 Å². The summed E-state index contributed by atoms with van der Waals surface area (Å²) < 4.78 is 5.24. The van der Waals surface area contributed by atoms with Gasteiger partial charge in [-0.2, -0.15) is 0 Å². The third-order valence-electron chi connectivity index (χ3n) is 3.67. The molecular formula is C20H23Cl2N3O3. The van der Waals surface area contributed by atoms with E-state index in [1.165, 1.54) is 0 Å². The number of alkyl carbamates (subject to hydrolysis) is 1. The molecule has 28 heavy (non-hydrogen) atoms. The molecule has 0 fully saturated rings. The summed E-state index contributed by atoms with van der Waals surface area (Å²) in [5.41, 5.74) is 6.79. The molecule has 6 nitrogen and oxygen atoms in total. The van der Waals surface area contributed by atoms with E-state index in [9.17, 15) is 9.59 Å². The average Bonchev–Trinajstić information content (AvgIpc) is 2.56. The van der Waals surface area contributed by atoms with E-state index < -0.39 is 17.6 Å². The van der Waals surface area contributed by atoms with Crippen LogP contribution in [0, 0.1) is 0 Å². The van der Waals surface area contributed by atoms with Crippen LogP contribution >= 0.6 is 23.2 Å². The molecule has 2 aromatic rings. The summed E-state index contributed by atoms with van der Waals surface area (Å²) in [4.78, 5) is 24.9. The maximum Gasteiger partial charge on any atom is 0.407 e. The molecular weight excluding hydrogens is 401 g/mol. The van der Waals surface area contributed by atoms with E-state index >= 15 is 0 Å². The van der Waals surface area contributed by atoms with Crippen LogP contribution in [0.25, 0.3) is 0 Å². The first-order valence-corrected chi connectivity index (χ1v) is 9.39. The van der Waals surface area contributed by atoms with Crippen LogP contribution in [0.3, 0.4) is 0 Å². The Labute approximate surface area is 174 Å². The average molecular weight is 424 g/mol. The summed E-state index contributed by atoms with van der Waals surface area (Å²) in [6, 6.07) is 11.7. The van der Waals surface area contributed by atoms with Crippen molar-refractivity contribution in [1.29, 1.82) is 0 Å². The molecule has 0 aromatic heterocycles. The molecule has 1 atom stereocenters. The highest BCUT2D eigenvalue weighted by Crippen LogP contribution is 2.27. The van der Waals surface area contributed by atoms with Gasteiger partial charge in [0.2, 0.25) is 5.91 Å². The Balaban J connectivity index is 2.21. The van der Waals surface area contributed by atoms with Gasteiger partial charge in [-0.1, -0.05) is 35.3 Å². The maximum atomic E-state index is 12.9. The van der Waals surface area contributed by atoms with Crippen molar-refractivity contribution in [3.8, 4) is 0 Å². The van der Waals surface area contributed by atoms with E-state index in [4.69, 9.17) is 33.7 Å². The number of ether oxygens (including phenoxy) is 1. The highest BCUT2D eigenvalue weighted by molar-refractivity contribution is 6.42. The van der Waals surface area contributed by atoms with E-state index in [2.05, 4.69) is 10.6 Å². The smallest absolute Gasteiger partial charge is 0.407 e. The van der Waals surface area contributed by atoms with Crippen LogP contribution in [-0.2, 0) is 9.53 Å². The molecule has 0 saturated heterocycles. The van der Waals surface area contributed by atoms with E-state index in [1.54, 1.807) is 63.2 Å². The molecule has 0 aliphatic carbocycles. The van der Waals surface area contributed by atoms with E-state index in [-0.39, 0.29) is 12.5 Å². The Hall–Kier alpha value is -2.44. The predicted octanol–water partition coefficient (Wildman–Crippen LogP) is 4.82. The summed E-state index contributed by atoms with van der Waals surface area (Å²) >= 11 is 12.1. The third kappa shape index (κ3) is 6.62. The summed E-state index contributed by atoms with van der Waals surface area (Å²) in [7, 11) is 0. The van der Waals surface area contributed by atoms with Gasteiger partial charge < -0.3 is 21.1 Å². The van der Waals surface area contributed by atoms with Crippen molar-refractivity contribution < 1.29 is 14.3 Å². The Morgan fingerprint density at radius 1 is 1.11 bits per heavy atom. The van der Waals surface area contributed by atoms with Gasteiger partial charge in [0.25, 0.3) is 0 Å². The lowest BCUT2D eigenvalue weighted by atomic mass is 9.98. The first kappa shape index (κ1) is 21.9. The number of nitrogens with two attached hydrogens (primary N) is 1. The van der Waals surface area contributed by atoms with Crippen molar-refractivity contribution in [2.24, 2.45) is 0 Å². The number of halogens is 2. The lowest BCUT2D eigenvalue weighted by molar-refractivity contribution is -0.117. The molecule has 0 aliphatic heterocycles. The molecule has 2 rings (SSSR count). The Bertz CT molecular complexity index is 866. The van der Waals surface area contributed by atoms with Crippen LogP contribution in [0.5, 0.6) is 0 Å². The number of nitrogens with one attached hydrogen (secondary N) is 2. The predicted molar refractivity (Wildman–Crippen MR) is 113 cm³/mol. The molecule has 2 aromatic carbocycles. The topological polar surface area (TPSA) is 93.4 Å². The monoisotopic (exact) mass is 423 g/mol. The minimum atomic E-state index is -0.719. The Morgan fingerprint density at radius 2 is 1.82 bits per heavy atom. The lowest BCUT2D eigenvalue weighted by Gasteiger charge is -2.22. The largest absolute Gasteiger partial charge is 0.444 e. The van der Waals surface area contributed by atoms with Gasteiger partial charge in [-0.15, -0.1) is 0 Å². The number of anilines is 2. The van der Waals surface area contributed by atoms with Gasteiger partial charge in [0.1, 0.15) is 5.60 Å². The molecule has 8 heteroatoms. The second-order valence-electron chi connectivity index (χ2n) is 7.22. The zero-order valence-corrected chi connectivity index (χ0v) is 17.4. The number of carbonyl (C=O) groups excluding carboxylic acids is 2. The zero-order chi connectivity index (χ0) is 20.9. The van der Waals surface area contributed by atoms with Crippen LogP contribution in [0.1, 0.15) is 32.3 Å². The van der Waals surface area contributed by atoms with Crippen molar-refractivity contribution in [2.45, 2.75) is 32.3 Å². The van der Waals surface area contributed by atoms with Crippen LogP contribution in [0.2, 0.25) is 10.0 Å². The Morgan fingerprint density at radius 3 is 2.43 bits per heavy atom. The van der Waals surface area contributed by atoms with Crippen LogP contribution < -0.4 is 16.4 Å². The van der Waals surface area contributed by atoms with Gasteiger partial charge in [-0.25, -0.2) is 4.79 Å². The second kappa shape index (κ2) is 9.17. The summed E-state index contributed by atoms with van der Waals surface area (Å²) in [6.07, 6.45) is -0.616. The van der Waals surface area contributed by atoms with Gasteiger partial charge in [0.05, 0.1) is 16.0 Å². The van der Waals surface area contributed by atoms with Crippen molar-refractivity contribution in [3.63, 3.8) is 0 Å². The number of hydrogen-bond donors (Lipinski definition) is 3. The van der Waals surface area contributed by atoms with Gasteiger partial charge in [0.15, 0.2) is 0 Å². The number of benzene rings is 2. The van der Waals surface area contributed by atoms with Crippen LogP contribution in [0.4, 0.5) is 16.2 Å². The van der Waals surface area contributed by atoms with Gasteiger partial charge in [0, 0.05) is 17.9 Å². The van der Waals surface area contributed by atoms with Gasteiger partial charge in [-0.3, -0.25) is 4.79 Å². The minimum Gasteiger partial charge on any atom is -0.444 e. The molecule has 0 bridgehead atoms.